The molecule has 4 heteroatoms. The van der Waals surface area contributed by atoms with Gasteiger partial charge in [-0.15, -0.1) is 0 Å². The van der Waals surface area contributed by atoms with Crippen LogP contribution in [-0.2, 0) is 9.53 Å². The Bertz CT molecular complexity index is 251. The molecule has 0 radical (unpaired) electrons. The maximum atomic E-state index is 14.2. The molecule has 16 heavy (non-hydrogen) atoms. The fourth-order valence-corrected chi connectivity index (χ4v) is 1.45. The molecule has 0 aliphatic heterocycles. The number of ether oxygens (including phenoxy) is 1. The van der Waals surface area contributed by atoms with E-state index in [2.05, 4.69) is 4.74 Å². The van der Waals surface area contributed by atoms with Crippen LogP contribution < -0.4 is 0 Å². The van der Waals surface area contributed by atoms with Gasteiger partial charge in [0.1, 0.15) is 5.83 Å². The van der Waals surface area contributed by atoms with Gasteiger partial charge in [-0.05, 0) is 20.3 Å². The molecule has 0 heterocycles. The minimum atomic E-state index is -2.20. The van der Waals surface area contributed by atoms with Crippen LogP contribution in [0.3, 0.4) is 0 Å². The van der Waals surface area contributed by atoms with Crippen molar-refractivity contribution in [3.05, 3.63) is 11.9 Å². The molecule has 0 rings (SSSR count). The quantitative estimate of drug-likeness (QED) is 0.628. The van der Waals surface area contributed by atoms with Crippen molar-refractivity contribution < 1.29 is 18.3 Å². The van der Waals surface area contributed by atoms with Crippen LogP contribution in [0.25, 0.3) is 0 Å². The summed E-state index contributed by atoms with van der Waals surface area (Å²) >= 11 is 0. The average Bonchev–Trinajstić information content (AvgIpc) is 2.25. The predicted octanol–water partition coefficient (Wildman–Crippen LogP) is 3.71. The minimum Gasteiger partial charge on any atom is -0.466 e. The van der Waals surface area contributed by atoms with Crippen LogP contribution in [0.15, 0.2) is 11.9 Å². The molecule has 0 aliphatic rings. The lowest BCUT2D eigenvalue weighted by molar-refractivity contribution is -0.146. The number of esters is 1. The first kappa shape index (κ1) is 15.1. The van der Waals surface area contributed by atoms with E-state index in [1.54, 1.807) is 6.92 Å². The molecule has 0 saturated heterocycles. The molecule has 2 nitrogen and oxygen atoms in total. The highest BCUT2D eigenvalue weighted by Crippen LogP contribution is 2.33. The van der Waals surface area contributed by atoms with Crippen LogP contribution in [0.2, 0.25) is 0 Å². The zero-order valence-corrected chi connectivity index (χ0v) is 10.2. The van der Waals surface area contributed by atoms with E-state index in [9.17, 15) is 13.6 Å². The Labute approximate surface area is 95.7 Å². The van der Waals surface area contributed by atoms with Gasteiger partial charge >= 0.3 is 5.97 Å². The van der Waals surface area contributed by atoms with Gasteiger partial charge in [0.15, 0.2) is 5.67 Å². The topological polar surface area (TPSA) is 26.3 Å². The van der Waals surface area contributed by atoms with Crippen LogP contribution in [0.5, 0.6) is 0 Å². The maximum absolute atomic E-state index is 14.2. The van der Waals surface area contributed by atoms with Crippen LogP contribution >= 0.6 is 0 Å². The van der Waals surface area contributed by atoms with Crippen molar-refractivity contribution in [2.75, 3.05) is 6.61 Å². The third-order valence-electron chi connectivity index (χ3n) is 2.34. The molecule has 0 fully saturated rings. The first-order chi connectivity index (χ1) is 7.50. The Balaban J connectivity index is 4.59. The molecule has 0 bridgehead atoms. The Kier molecular flexibility index (Phi) is 6.93. The van der Waals surface area contributed by atoms with Crippen molar-refractivity contribution >= 4 is 5.97 Å². The zero-order chi connectivity index (χ0) is 12.6. The van der Waals surface area contributed by atoms with Crippen LogP contribution in [-0.4, -0.2) is 18.2 Å². The molecule has 0 aromatic heterocycles. The highest BCUT2D eigenvalue weighted by Gasteiger charge is 2.37. The van der Waals surface area contributed by atoms with E-state index in [1.165, 1.54) is 6.92 Å². The number of carbonyl (C=O) groups excluding carboxylic acids is 1. The van der Waals surface area contributed by atoms with Crippen molar-refractivity contribution in [3.8, 4) is 0 Å². The van der Waals surface area contributed by atoms with Crippen LogP contribution in [0.1, 0.15) is 46.5 Å². The number of unbranched alkanes of at least 4 members (excludes halogenated alkanes) is 1. The monoisotopic (exact) mass is 234 g/mol. The minimum absolute atomic E-state index is 0.0124. The highest BCUT2D eigenvalue weighted by molar-refractivity contribution is 5.71. The molecule has 94 valence electrons. The molecule has 0 aromatic carbocycles. The molecule has 1 atom stereocenters. The summed E-state index contributed by atoms with van der Waals surface area (Å²) < 4.78 is 32.2. The van der Waals surface area contributed by atoms with E-state index in [4.69, 9.17) is 0 Å². The molecule has 0 amide bonds. The van der Waals surface area contributed by atoms with Gasteiger partial charge in [0.2, 0.25) is 0 Å². The van der Waals surface area contributed by atoms with Gasteiger partial charge in [0, 0.05) is 0 Å². The number of halogens is 2. The standard InChI is InChI=1S/C12H20F2O2/c1-4-7-8-12(14,10(13)5-2)9-11(15)16-6-3/h5H,4,6-9H2,1-3H3/b10-5-. The highest BCUT2D eigenvalue weighted by atomic mass is 19.2. The lowest BCUT2D eigenvalue weighted by Crippen LogP contribution is -2.28. The van der Waals surface area contributed by atoms with Gasteiger partial charge in [-0.3, -0.25) is 4.79 Å². The molecule has 0 spiro atoms. The third kappa shape index (κ3) is 4.73. The summed E-state index contributed by atoms with van der Waals surface area (Å²) in [6.45, 7) is 5.12. The zero-order valence-electron chi connectivity index (χ0n) is 10.2. The van der Waals surface area contributed by atoms with E-state index >= 15 is 0 Å². The molecular formula is C12H20F2O2. The Hall–Kier alpha value is -0.930. The summed E-state index contributed by atoms with van der Waals surface area (Å²) in [5.41, 5.74) is -2.20. The largest absolute Gasteiger partial charge is 0.466 e. The number of alkyl halides is 1. The van der Waals surface area contributed by atoms with E-state index in [0.29, 0.717) is 6.42 Å². The van der Waals surface area contributed by atoms with Crippen molar-refractivity contribution in [2.24, 2.45) is 0 Å². The first-order valence-corrected chi connectivity index (χ1v) is 5.67. The molecule has 0 aliphatic carbocycles. The lowest BCUT2D eigenvalue weighted by atomic mass is 9.93. The Morgan fingerprint density at radius 1 is 1.44 bits per heavy atom. The summed E-state index contributed by atoms with van der Waals surface area (Å²) in [4.78, 5) is 11.2. The second-order valence-corrected chi connectivity index (χ2v) is 3.69. The SMILES string of the molecule is C/C=C(\F)C(F)(CCCC)CC(=O)OCC. The fourth-order valence-electron chi connectivity index (χ4n) is 1.45. The van der Waals surface area contributed by atoms with Crippen LogP contribution in [0.4, 0.5) is 8.78 Å². The van der Waals surface area contributed by atoms with Gasteiger partial charge in [-0.2, -0.15) is 0 Å². The second-order valence-electron chi connectivity index (χ2n) is 3.69. The van der Waals surface area contributed by atoms with Crippen molar-refractivity contribution in [1.29, 1.82) is 0 Å². The van der Waals surface area contributed by atoms with Gasteiger partial charge in [-0.25, -0.2) is 8.78 Å². The normalized spacial score (nSPS) is 15.7. The molecular weight excluding hydrogens is 214 g/mol. The smallest absolute Gasteiger partial charge is 0.309 e. The Morgan fingerprint density at radius 2 is 2.06 bits per heavy atom. The van der Waals surface area contributed by atoms with Crippen molar-refractivity contribution in [3.63, 3.8) is 0 Å². The van der Waals surface area contributed by atoms with Gasteiger partial charge < -0.3 is 4.74 Å². The lowest BCUT2D eigenvalue weighted by Gasteiger charge is -2.22. The summed E-state index contributed by atoms with van der Waals surface area (Å²) in [7, 11) is 0. The van der Waals surface area contributed by atoms with Crippen molar-refractivity contribution in [1.82, 2.24) is 0 Å². The second kappa shape index (κ2) is 7.36. The van der Waals surface area contributed by atoms with Gasteiger partial charge in [-0.1, -0.05) is 25.8 Å². The third-order valence-corrected chi connectivity index (χ3v) is 2.34. The first-order valence-electron chi connectivity index (χ1n) is 5.67. The summed E-state index contributed by atoms with van der Waals surface area (Å²) in [5.74, 6) is -1.58. The number of carbonyl (C=O) groups is 1. The van der Waals surface area contributed by atoms with Crippen molar-refractivity contribution in [2.45, 2.75) is 52.1 Å². The van der Waals surface area contributed by atoms with Gasteiger partial charge in [0.25, 0.3) is 0 Å². The van der Waals surface area contributed by atoms with E-state index in [1.807, 2.05) is 6.92 Å². The van der Waals surface area contributed by atoms with Crippen LogP contribution in [0, 0.1) is 0 Å². The van der Waals surface area contributed by atoms with E-state index in [0.717, 1.165) is 12.5 Å². The molecule has 0 saturated carbocycles. The number of hydrogen-bond acceptors (Lipinski definition) is 2. The number of hydrogen-bond donors (Lipinski definition) is 0. The van der Waals surface area contributed by atoms with E-state index < -0.39 is 23.9 Å². The summed E-state index contributed by atoms with van der Waals surface area (Å²) in [6.07, 6.45) is 1.83. The Morgan fingerprint density at radius 3 is 2.50 bits per heavy atom. The number of rotatable bonds is 7. The van der Waals surface area contributed by atoms with E-state index in [-0.39, 0.29) is 13.0 Å². The molecule has 1 unspecified atom stereocenters. The maximum Gasteiger partial charge on any atom is 0.309 e. The summed E-state index contributed by atoms with van der Waals surface area (Å²) in [5, 5.41) is 0. The molecule has 0 N–H and O–H groups in total. The fraction of sp³-hybridized carbons (Fsp3) is 0.750. The molecule has 0 aromatic rings. The summed E-state index contributed by atoms with van der Waals surface area (Å²) in [6, 6.07) is 0. The predicted molar refractivity (Wildman–Crippen MR) is 59.5 cm³/mol. The average molecular weight is 234 g/mol. The van der Waals surface area contributed by atoms with Gasteiger partial charge in [0.05, 0.1) is 13.0 Å². The number of allylic oxidation sites excluding steroid dienone is 2.